The highest BCUT2D eigenvalue weighted by atomic mass is 19.4. The van der Waals surface area contributed by atoms with Crippen molar-refractivity contribution >= 4 is 23.2 Å². The molecule has 0 unspecified atom stereocenters. The smallest absolute Gasteiger partial charge is 0.361 e. The van der Waals surface area contributed by atoms with Gasteiger partial charge in [-0.1, -0.05) is 25.0 Å². The van der Waals surface area contributed by atoms with E-state index in [4.69, 9.17) is 0 Å². The first-order valence-electron chi connectivity index (χ1n) is 14.0. The quantitative estimate of drug-likeness (QED) is 0.327. The summed E-state index contributed by atoms with van der Waals surface area (Å²) < 4.78 is 43.6. The van der Waals surface area contributed by atoms with E-state index in [-0.39, 0.29) is 29.9 Å². The van der Waals surface area contributed by atoms with Crippen LogP contribution in [0.2, 0.25) is 0 Å². The van der Waals surface area contributed by atoms with E-state index in [1.807, 2.05) is 36.0 Å². The SMILES string of the molecule is CCN1CCN(Cc2ccc(CC(=O)Nc3cc(C#Cc4cnc5ccc(N(C)C)nn45)ccn3)cc2C(F)(F)F)CC1. The Hall–Kier alpha value is -4.47. The first-order valence-corrected chi connectivity index (χ1v) is 14.0. The zero-order chi connectivity index (χ0) is 30.6. The topological polar surface area (TPSA) is 81.9 Å². The maximum atomic E-state index is 14.0. The Bertz CT molecular complexity index is 1660. The van der Waals surface area contributed by atoms with E-state index in [2.05, 4.69) is 44.0 Å². The Balaban J connectivity index is 1.26. The van der Waals surface area contributed by atoms with Crippen molar-refractivity contribution in [3.8, 4) is 11.8 Å². The molecule has 0 bridgehead atoms. The Morgan fingerprint density at radius 3 is 2.49 bits per heavy atom. The number of pyridine rings is 1. The third kappa shape index (κ3) is 7.49. The first-order chi connectivity index (χ1) is 20.6. The Kier molecular flexibility index (Phi) is 8.94. The minimum absolute atomic E-state index is 0.216. The molecule has 1 fully saturated rings. The molecule has 0 atom stereocenters. The number of anilines is 2. The van der Waals surface area contributed by atoms with Gasteiger partial charge in [-0.05, 0) is 53.9 Å². The lowest BCUT2D eigenvalue weighted by atomic mass is 10.0. The fourth-order valence-electron chi connectivity index (χ4n) is 4.91. The van der Waals surface area contributed by atoms with Crippen molar-refractivity contribution in [3.05, 3.63) is 82.8 Å². The van der Waals surface area contributed by atoms with E-state index in [0.717, 1.165) is 44.6 Å². The van der Waals surface area contributed by atoms with E-state index >= 15 is 0 Å². The molecule has 43 heavy (non-hydrogen) atoms. The van der Waals surface area contributed by atoms with Crippen LogP contribution in [0.4, 0.5) is 24.8 Å². The van der Waals surface area contributed by atoms with Gasteiger partial charge < -0.3 is 15.1 Å². The molecule has 1 N–H and O–H groups in total. The van der Waals surface area contributed by atoms with Crippen LogP contribution < -0.4 is 10.2 Å². The van der Waals surface area contributed by atoms with Crippen LogP contribution in [0, 0.1) is 11.8 Å². The Morgan fingerprint density at radius 1 is 1.00 bits per heavy atom. The summed E-state index contributed by atoms with van der Waals surface area (Å²) in [6.07, 6.45) is -1.61. The van der Waals surface area contributed by atoms with Gasteiger partial charge in [-0.2, -0.15) is 13.2 Å². The van der Waals surface area contributed by atoms with Crippen molar-refractivity contribution in [3.63, 3.8) is 0 Å². The number of amides is 1. The van der Waals surface area contributed by atoms with Gasteiger partial charge in [0, 0.05) is 58.6 Å². The van der Waals surface area contributed by atoms with Crippen molar-refractivity contribution in [1.82, 2.24) is 29.4 Å². The van der Waals surface area contributed by atoms with E-state index in [0.29, 0.717) is 16.9 Å². The predicted molar refractivity (Wildman–Crippen MR) is 159 cm³/mol. The Morgan fingerprint density at radius 2 is 1.77 bits per heavy atom. The summed E-state index contributed by atoms with van der Waals surface area (Å²) in [5.74, 6) is 6.61. The standard InChI is InChI=1S/C31H33F3N8O/c1-4-40-13-15-41(16-14-40)21-24-7-5-23(17-26(24)31(32,33)34)19-30(43)37-27-18-22(11-12-35-27)6-8-25-20-36-28-9-10-29(39(2)3)38-42(25)28/h5,7,9-12,17-18,20H,4,13-16,19,21H2,1-3H3,(H,35,37,43). The number of imidazole rings is 1. The number of halogens is 3. The van der Waals surface area contributed by atoms with Crippen molar-refractivity contribution in [2.75, 3.05) is 57.0 Å². The van der Waals surface area contributed by atoms with Crippen LogP contribution in [0.15, 0.2) is 54.9 Å². The van der Waals surface area contributed by atoms with Gasteiger partial charge in [0.2, 0.25) is 5.91 Å². The second kappa shape index (κ2) is 12.8. The summed E-state index contributed by atoms with van der Waals surface area (Å²) >= 11 is 0. The number of hydrogen-bond donors (Lipinski definition) is 1. The third-order valence-corrected chi connectivity index (χ3v) is 7.32. The fourth-order valence-corrected chi connectivity index (χ4v) is 4.91. The lowest BCUT2D eigenvalue weighted by Crippen LogP contribution is -2.45. The maximum absolute atomic E-state index is 14.0. The monoisotopic (exact) mass is 590 g/mol. The number of alkyl halides is 3. The summed E-state index contributed by atoms with van der Waals surface area (Å²) in [6, 6.07) is 11.2. The van der Waals surface area contributed by atoms with Gasteiger partial charge in [-0.15, -0.1) is 5.10 Å². The molecule has 0 saturated carbocycles. The highest BCUT2D eigenvalue weighted by Gasteiger charge is 2.34. The van der Waals surface area contributed by atoms with E-state index in [1.54, 1.807) is 28.9 Å². The zero-order valence-corrected chi connectivity index (χ0v) is 24.3. The number of carbonyl (C=O) groups is 1. The van der Waals surface area contributed by atoms with E-state index in [9.17, 15) is 18.0 Å². The molecule has 4 heterocycles. The van der Waals surface area contributed by atoms with Crippen LogP contribution in [-0.2, 0) is 23.9 Å². The van der Waals surface area contributed by atoms with Crippen molar-refractivity contribution in [2.45, 2.75) is 26.1 Å². The molecule has 1 aliphatic heterocycles. The van der Waals surface area contributed by atoms with Crippen LogP contribution in [0.3, 0.4) is 0 Å². The summed E-state index contributed by atoms with van der Waals surface area (Å²) in [6.45, 7) is 6.36. The number of rotatable bonds is 7. The van der Waals surface area contributed by atoms with Crippen LogP contribution in [0.1, 0.15) is 34.9 Å². The number of hydrogen-bond acceptors (Lipinski definition) is 7. The highest BCUT2D eigenvalue weighted by molar-refractivity contribution is 5.91. The average Bonchev–Trinajstić information content (AvgIpc) is 3.39. The molecule has 9 nitrogen and oxygen atoms in total. The van der Waals surface area contributed by atoms with Gasteiger partial charge >= 0.3 is 6.18 Å². The van der Waals surface area contributed by atoms with Gasteiger partial charge in [0.25, 0.3) is 0 Å². The molecule has 5 rings (SSSR count). The Labute approximate surface area is 248 Å². The number of nitrogens with zero attached hydrogens (tertiary/aromatic N) is 7. The number of benzene rings is 1. The van der Waals surface area contributed by atoms with Gasteiger partial charge in [0.1, 0.15) is 17.3 Å². The highest BCUT2D eigenvalue weighted by Crippen LogP contribution is 2.33. The van der Waals surface area contributed by atoms with Gasteiger partial charge in [-0.3, -0.25) is 9.69 Å². The molecule has 1 aliphatic rings. The molecule has 224 valence electrons. The molecule has 0 aliphatic carbocycles. The predicted octanol–water partition coefficient (Wildman–Crippen LogP) is 3.93. The lowest BCUT2D eigenvalue weighted by Gasteiger charge is -2.34. The number of fused-ring (bicyclic) bond motifs is 1. The normalized spacial score (nSPS) is 14.4. The van der Waals surface area contributed by atoms with Crippen molar-refractivity contribution < 1.29 is 18.0 Å². The molecule has 1 aromatic carbocycles. The van der Waals surface area contributed by atoms with Crippen molar-refractivity contribution in [1.29, 1.82) is 0 Å². The second-order valence-electron chi connectivity index (χ2n) is 10.6. The number of aromatic nitrogens is 4. The van der Waals surface area contributed by atoms with E-state index in [1.165, 1.54) is 12.3 Å². The third-order valence-electron chi connectivity index (χ3n) is 7.32. The summed E-state index contributed by atoms with van der Waals surface area (Å²) in [4.78, 5) is 27.5. The molecule has 1 amide bonds. The van der Waals surface area contributed by atoms with Crippen molar-refractivity contribution in [2.24, 2.45) is 0 Å². The fraction of sp³-hybridized carbons (Fsp3) is 0.355. The molecule has 0 spiro atoms. The molecule has 1 saturated heterocycles. The van der Waals surface area contributed by atoms with Crippen LogP contribution in [0.25, 0.3) is 5.65 Å². The molecule has 12 heteroatoms. The second-order valence-corrected chi connectivity index (χ2v) is 10.6. The van der Waals surface area contributed by atoms with Gasteiger partial charge in [-0.25, -0.2) is 14.5 Å². The lowest BCUT2D eigenvalue weighted by molar-refractivity contribution is -0.138. The summed E-state index contributed by atoms with van der Waals surface area (Å²) in [5.41, 5.74) is 1.63. The van der Waals surface area contributed by atoms with Crippen LogP contribution in [-0.4, -0.2) is 82.1 Å². The molecule has 0 radical (unpaired) electrons. The zero-order valence-electron chi connectivity index (χ0n) is 24.3. The summed E-state index contributed by atoms with van der Waals surface area (Å²) in [5, 5.41) is 7.21. The van der Waals surface area contributed by atoms with Gasteiger partial charge in [0.15, 0.2) is 5.65 Å². The largest absolute Gasteiger partial charge is 0.416 e. The minimum Gasteiger partial charge on any atom is -0.361 e. The number of piperazine rings is 1. The van der Waals surface area contributed by atoms with Crippen LogP contribution >= 0.6 is 0 Å². The first kappa shape index (κ1) is 30.0. The number of nitrogens with one attached hydrogen (secondary N) is 1. The maximum Gasteiger partial charge on any atom is 0.416 e. The average molecular weight is 591 g/mol. The molecule has 4 aromatic rings. The summed E-state index contributed by atoms with van der Waals surface area (Å²) in [7, 11) is 3.79. The number of carbonyl (C=O) groups excluding carboxylic acids is 1. The van der Waals surface area contributed by atoms with Crippen LogP contribution in [0.5, 0.6) is 0 Å². The molecular formula is C31H33F3N8O. The molecular weight excluding hydrogens is 557 g/mol. The van der Waals surface area contributed by atoms with Gasteiger partial charge in [0.05, 0.1) is 18.2 Å². The minimum atomic E-state index is -4.52. The molecule has 3 aromatic heterocycles. The van der Waals surface area contributed by atoms with E-state index < -0.39 is 17.6 Å². The number of likely N-dealkylation sites (N-methyl/N-ethyl adjacent to an activating group) is 1.